The first kappa shape index (κ1) is 21.8. The molecule has 0 fully saturated rings. The highest BCUT2D eigenvalue weighted by Crippen LogP contribution is 2.44. The molecule has 0 spiro atoms. The van der Waals surface area contributed by atoms with Gasteiger partial charge in [0.25, 0.3) is 0 Å². The number of methoxy groups -OCH3 is 1. The van der Waals surface area contributed by atoms with Crippen molar-refractivity contribution in [2.45, 2.75) is 25.2 Å². The summed E-state index contributed by atoms with van der Waals surface area (Å²) in [5.74, 6) is -1.76. The van der Waals surface area contributed by atoms with Gasteiger partial charge in [0.15, 0.2) is 0 Å². The van der Waals surface area contributed by atoms with Crippen molar-refractivity contribution in [3.8, 4) is 5.75 Å². The molecule has 0 unspecified atom stereocenters. The second kappa shape index (κ2) is 8.85. The number of ether oxygens (including phenoxy) is 1. The van der Waals surface area contributed by atoms with Crippen LogP contribution in [0.15, 0.2) is 50.7 Å². The molecule has 2 aromatic rings. The number of aromatic hydroxyl groups is 1. The lowest BCUT2D eigenvalue weighted by Gasteiger charge is -2.27. The second-order valence-corrected chi connectivity index (χ2v) is 7.98. The minimum absolute atomic E-state index is 0.00398. The van der Waals surface area contributed by atoms with E-state index in [4.69, 9.17) is 4.74 Å². The van der Waals surface area contributed by atoms with Gasteiger partial charge >= 0.3 is 5.97 Å². The largest absolute Gasteiger partial charge is 0.507 e. The zero-order chi connectivity index (χ0) is 22.0. The van der Waals surface area contributed by atoms with Crippen molar-refractivity contribution in [1.82, 2.24) is 0 Å². The summed E-state index contributed by atoms with van der Waals surface area (Å²) in [6, 6.07) is 9.42. The Bertz CT molecular complexity index is 1090. The van der Waals surface area contributed by atoms with Gasteiger partial charge in [-0.25, -0.2) is 4.79 Å². The van der Waals surface area contributed by atoms with Crippen LogP contribution in [-0.2, 0) is 4.74 Å². The highest BCUT2D eigenvalue weighted by molar-refractivity contribution is 8.04. The monoisotopic (exact) mass is 425 g/mol. The van der Waals surface area contributed by atoms with E-state index >= 15 is 0 Å². The number of carboxylic acids is 1. The molecule has 0 bridgehead atoms. The highest BCUT2D eigenvalue weighted by atomic mass is 32.2. The number of fused-ring (bicyclic) bond motifs is 1. The Kier molecular flexibility index (Phi) is 6.43. The van der Waals surface area contributed by atoms with Crippen molar-refractivity contribution >= 4 is 29.2 Å². The smallest absolute Gasteiger partial charge is 0.336 e. The number of carboxylic acid groups (broad SMARTS) is 1. The van der Waals surface area contributed by atoms with Crippen LogP contribution in [0.2, 0.25) is 0 Å². The van der Waals surface area contributed by atoms with Crippen LogP contribution in [0.4, 0.5) is 0 Å². The molecular formula is C23H23NO5S. The van der Waals surface area contributed by atoms with E-state index in [-0.39, 0.29) is 22.4 Å². The third kappa shape index (κ3) is 3.66. The maximum absolute atomic E-state index is 13.6. The number of phenolic OH excluding ortho intramolecular Hbond substituents is 1. The summed E-state index contributed by atoms with van der Waals surface area (Å²) in [5.41, 5.74) is 1.98. The Hall–Kier alpha value is -2.90. The standard InChI is InChI=1S/C23H23NO5S/c1-12-13(2)20(25)18-17(16(12)23(27)28)19(24-3)15(10-11-29-4)22(21(18)26)30-14-8-6-5-7-9-14/h5-9,25H,10-11H2,1-4H3,(H,27,28). The zero-order valence-corrected chi connectivity index (χ0v) is 18.1. The molecule has 0 saturated carbocycles. The highest BCUT2D eigenvalue weighted by Gasteiger charge is 2.38. The van der Waals surface area contributed by atoms with Crippen molar-refractivity contribution in [1.29, 1.82) is 0 Å². The molecule has 0 atom stereocenters. The molecule has 2 aromatic carbocycles. The van der Waals surface area contributed by atoms with Gasteiger partial charge in [0.2, 0.25) is 5.78 Å². The number of Topliss-reactive ketones (excluding diaryl/α,β-unsaturated/α-hetero) is 1. The number of carbonyl (C=O) groups excluding carboxylic acids is 1. The molecule has 1 aliphatic rings. The molecule has 156 valence electrons. The molecule has 1 aliphatic carbocycles. The van der Waals surface area contributed by atoms with E-state index in [0.29, 0.717) is 40.3 Å². The molecule has 0 radical (unpaired) electrons. The van der Waals surface area contributed by atoms with Crippen LogP contribution in [0.1, 0.15) is 43.8 Å². The number of rotatable bonds is 6. The van der Waals surface area contributed by atoms with Crippen molar-refractivity contribution in [2.24, 2.45) is 4.99 Å². The Morgan fingerprint density at radius 3 is 2.37 bits per heavy atom. The summed E-state index contributed by atoms with van der Waals surface area (Å²) in [5, 5.41) is 20.7. The molecule has 2 N–H and O–H groups in total. The molecule has 0 amide bonds. The van der Waals surface area contributed by atoms with Crippen molar-refractivity contribution in [2.75, 3.05) is 20.8 Å². The average Bonchev–Trinajstić information content (AvgIpc) is 2.73. The van der Waals surface area contributed by atoms with Crippen molar-refractivity contribution in [3.05, 3.63) is 68.6 Å². The first-order valence-corrected chi connectivity index (χ1v) is 10.2. The Labute approximate surface area is 179 Å². The topological polar surface area (TPSA) is 96.2 Å². The first-order valence-electron chi connectivity index (χ1n) is 9.40. The van der Waals surface area contributed by atoms with Gasteiger partial charge in [-0.2, -0.15) is 0 Å². The van der Waals surface area contributed by atoms with Gasteiger partial charge in [-0.3, -0.25) is 9.79 Å². The van der Waals surface area contributed by atoms with Crippen LogP contribution in [-0.4, -0.2) is 48.4 Å². The van der Waals surface area contributed by atoms with Crippen LogP contribution < -0.4 is 0 Å². The van der Waals surface area contributed by atoms with Gasteiger partial charge in [0, 0.05) is 24.6 Å². The summed E-state index contributed by atoms with van der Waals surface area (Å²) in [7, 11) is 3.12. The fourth-order valence-corrected chi connectivity index (χ4v) is 4.66. The number of allylic oxidation sites excluding steroid dienone is 1. The number of nitrogens with zero attached hydrogens (tertiary/aromatic N) is 1. The normalized spacial score (nSPS) is 14.9. The van der Waals surface area contributed by atoms with E-state index in [1.165, 1.54) is 11.8 Å². The second-order valence-electron chi connectivity index (χ2n) is 6.90. The molecule has 0 aliphatic heterocycles. The lowest BCUT2D eigenvalue weighted by atomic mass is 9.80. The Morgan fingerprint density at radius 1 is 1.13 bits per heavy atom. The number of hydrogen-bond acceptors (Lipinski definition) is 6. The SMILES string of the molecule is CN=C1C(CCOC)=C(Sc2ccccc2)C(=O)c2c(O)c(C)c(C)c(C(=O)O)c21. The quantitative estimate of drug-likeness (QED) is 0.712. The van der Waals surface area contributed by atoms with Crippen molar-refractivity contribution in [3.63, 3.8) is 0 Å². The maximum Gasteiger partial charge on any atom is 0.336 e. The number of benzene rings is 2. The molecule has 0 aromatic heterocycles. The minimum Gasteiger partial charge on any atom is -0.507 e. The number of thioether (sulfide) groups is 1. The molecular weight excluding hydrogens is 402 g/mol. The molecule has 0 heterocycles. The van der Waals surface area contributed by atoms with Crippen LogP contribution >= 0.6 is 11.8 Å². The third-order valence-corrected chi connectivity index (χ3v) is 6.36. The van der Waals surface area contributed by atoms with Gasteiger partial charge in [0.05, 0.1) is 28.4 Å². The number of aliphatic imine (C=N–C) groups is 1. The summed E-state index contributed by atoms with van der Waals surface area (Å²) < 4.78 is 5.23. The lowest BCUT2D eigenvalue weighted by Crippen LogP contribution is -2.27. The third-order valence-electron chi connectivity index (χ3n) is 5.22. The van der Waals surface area contributed by atoms with E-state index in [2.05, 4.69) is 4.99 Å². The van der Waals surface area contributed by atoms with Crippen LogP contribution in [0.25, 0.3) is 0 Å². The van der Waals surface area contributed by atoms with E-state index in [9.17, 15) is 19.8 Å². The fraction of sp³-hybridized carbons (Fsp3) is 0.261. The van der Waals surface area contributed by atoms with Gasteiger partial charge in [-0.15, -0.1) is 0 Å². The molecule has 30 heavy (non-hydrogen) atoms. The summed E-state index contributed by atoms with van der Waals surface area (Å²) in [6.07, 6.45) is 0.385. The zero-order valence-electron chi connectivity index (χ0n) is 17.3. The number of ketones is 1. The Balaban J connectivity index is 2.34. The maximum atomic E-state index is 13.6. The van der Waals surface area contributed by atoms with Crippen molar-refractivity contribution < 1.29 is 24.5 Å². The first-order chi connectivity index (χ1) is 14.3. The number of aromatic carboxylic acids is 1. The van der Waals surface area contributed by atoms with E-state index < -0.39 is 11.8 Å². The fourth-order valence-electron chi connectivity index (χ4n) is 3.61. The molecule has 0 saturated heterocycles. The summed E-state index contributed by atoms with van der Waals surface area (Å²) >= 11 is 1.28. The molecule has 7 heteroatoms. The van der Waals surface area contributed by atoms with Gasteiger partial charge < -0.3 is 14.9 Å². The van der Waals surface area contributed by atoms with E-state index in [0.717, 1.165) is 4.90 Å². The number of hydrogen-bond donors (Lipinski definition) is 2. The Morgan fingerprint density at radius 2 is 1.80 bits per heavy atom. The minimum atomic E-state index is -1.16. The molecule has 6 nitrogen and oxygen atoms in total. The summed E-state index contributed by atoms with van der Waals surface area (Å²) in [6.45, 7) is 3.58. The van der Waals surface area contributed by atoms with Crippen LogP contribution in [0.3, 0.4) is 0 Å². The average molecular weight is 426 g/mol. The summed E-state index contributed by atoms with van der Waals surface area (Å²) in [4.78, 5) is 31.4. The van der Waals surface area contributed by atoms with Gasteiger partial charge in [-0.05, 0) is 49.1 Å². The molecule has 3 rings (SSSR count). The van der Waals surface area contributed by atoms with Crippen LogP contribution in [0.5, 0.6) is 5.75 Å². The van der Waals surface area contributed by atoms with Crippen LogP contribution in [0, 0.1) is 13.8 Å². The van der Waals surface area contributed by atoms with Gasteiger partial charge in [-0.1, -0.05) is 30.0 Å². The number of carbonyl (C=O) groups is 2. The van der Waals surface area contributed by atoms with Gasteiger partial charge in [0.1, 0.15) is 5.75 Å². The lowest BCUT2D eigenvalue weighted by molar-refractivity contribution is 0.0695. The van der Waals surface area contributed by atoms with E-state index in [1.54, 1.807) is 28.0 Å². The predicted molar refractivity (Wildman–Crippen MR) is 117 cm³/mol. The number of phenols is 1. The van der Waals surface area contributed by atoms with E-state index in [1.807, 2.05) is 30.3 Å². The predicted octanol–water partition coefficient (Wildman–Crippen LogP) is 4.41.